The normalized spacial score (nSPS) is 18.5. The number of amides is 1. The molecule has 1 aliphatic heterocycles. The Bertz CT molecular complexity index is 688. The van der Waals surface area contributed by atoms with Crippen LogP contribution >= 0.6 is 0 Å². The third-order valence-electron chi connectivity index (χ3n) is 3.78. The topological polar surface area (TPSA) is 66.5 Å². The van der Waals surface area contributed by atoms with E-state index in [1.54, 1.807) is 24.0 Å². The Labute approximate surface area is 129 Å². The van der Waals surface area contributed by atoms with Gasteiger partial charge in [-0.15, -0.1) is 0 Å². The van der Waals surface area contributed by atoms with Crippen molar-refractivity contribution in [2.45, 2.75) is 13.3 Å². The monoisotopic (exact) mass is 326 g/mol. The lowest BCUT2D eigenvalue weighted by molar-refractivity contribution is 0.0787. The lowest BCUT2D eigenvalue weighted by atomic mass is 10.1. The van der Waals surface area contributed by atoms with E-state index in [2.05, 4.69) is 11.3 Å². The van der Waals surface area contributed by atoms with Crippen LogP contribution in [0.15, 0.2) is 30.2 Å². The number of hydrogen-bond donors (Lipinski definition) is 1. The minimum atomic E-state index is -3.45. The maximum atomic E-state index is 13.5. The van der Waals surface area contributed by atoms with Crippen molar-refractivity contribution in [3.63, 3.8) is 0 Å². The highest BCUT2D eigenvalue weighted by molar-refractivity contribution is 7.92. The summed E-state index contributed by atoms with van der Waals surface area (Å²) in [5.74, 6) is -0.581. The number of benzene rings is 1. The predicted octanol–water partition coefficient (Wildman–Crippen LogP) is 1.66. The summed E-state index contributed by atoms with van der Waals surface area (Å²) < 4.78 is 38.6. The fourth-order valence-electron chi connectivity index (χ4n) is 2.39. The molecule has 1 atom stereocenters. The molecular weight excluding hydrogens is 307 g/mol. The van der Waals surface area contributed by atoms with Gasteiger partial charge in [0.15, 0.2) is 0 Å². The van der Waals surface area contributed by atoms with Crippen LogP contribution in [-0.4, -0.2) is 38.9 Å². The van der Waals surface area contributed by atoms with Crippen molar-refractivity contribution >= 4 is 15.9 Å². The maximum absolute atomic E-state index is 13.5. The van der Waals surface area contributed by atoms with Gasteiger partial charge in [-0.25, -0.2) is 17.5 Å². The fraction of sp³-hybridized carbons (Fsp3) is 0.400. The van der Waals surface area contributed by atoms with Crippen LogP contribution in [0.5, 0.6) is 0 Å². The first kappa shape index (κ1) is 16.6. The number of rotatable bonds is 5. The van der Waals surface area contributed by atoms with Gasteiger partial charge in [-0.05, 0) is 37.0 Å². The molecule has 1 saturated heterocycles. The summed E-state index contributed by atoms with van der Waals surface area (Å²) in [6, 6.07) is 4.42. The molecule has 1 N–H and O–H groups in total. The zero-order chi connectivity index (χ0) is 16.3. The van der Waals surface area contributed by atoms with E-state index in [0.29, 0.717) is 30.6 Å². The molecule has 22 heavy (non-hydrogen) atoms. The molecule has 1 fully saturated rings. The lowest BCUT2D eigenvalue weighted by Crippen LogP contribution is -2.32. The zero-order valence-corrected chi connectivity index (χ0v) is 13.2. The summed E-state index contributed by atoms with van der Waals surface area (Å²) in [5.41, 5.74) is 0.810. The summed E-state index contributed by atoms with van der Waals surface area (Å²) in [7, 11) is -3.45. The number of halogens is 1. The molecule has 120 valence electrons. The van der Waals surface area contributed by atoms with Gasteiger partial charge in [0.1, 0.15) is 5.82 Å². The Balaban J connectivity index is 1.96. The van der Waals surface area contributed by atoms with E-state index in [-0.39, 0.29) is 18.4 Å². The van der Waals surface area contributed by atoms with Crippen molar-refractivity contribution in [3.05, 3.63) is 47.1 Å². The van der Waals surface area contributed by atoms with Gasteiger partial charge in [0.25, 0.3) is 5.91 Å². The molecule has 0 bridgehead atoms. The van der Waals surface area contributed by atoms with E-state index in [1.165, 1.54) is 6.07 Å². The summed E-state index contributed by atoms with van der Waals surface area (Å²) in [6.45, 7) is 6.12. The molecule has 1 heterocycles. The Kier molecular flexibility index (Phi) is 4.97. The van der Waals surface area contributed by atoms with Crippen LogP contribution in [0.1, 0.15) is 22.3 Å². The molecule has 0 aliphatic carbocycles. The highest BCUT2D eigenvalue weighted by Crippen LogP contribution is 2.19. The molecule has 1 aromatic carbocycles. The second-order valence-corrected chi connectivity index (χ2v) is 7.14. The number of hydrogen-bond acceptors (Lipinski definition) is 3. The number of nitrogens with zero attached hydrogens (tertiary/aromatic N) is 1. The third-order valence-corrected chi connectivity index (χ3v) is 4.79. The molecule has 1 aliphatic rings. The van der Waals surface area contributed by atoms with E-state index in [9.17, 15) is 17.6 Å². The van der Waals surface area contributed by atoms with Gasteiger partial charge in [0, 0.05) is 30.6 Å². The number of nitrogens with one attached hydrogen (secondary N) is 1. The molecule has 0 saturated carbocycles. The SMILES string of the molecule is C=CS(=O)(=O)NCC1CCN(C(=O)c2ccc(C)c(F)c2)C1. The molecular formula is C15H19FN2O3S. The minimum Gasteiger partial charge on any atom is -0.338 e. The highest BCUT2D eigenvalue weighted by Gasteiger charge is 2.27. The molecule has 1 amide bonds. The molecule has 2 rings (SSSR count). The second-order valence-electron chi connectivity index (χ2n) is 5.43. The second kappa shape index (κ2) is 6.58. The van der Waals surface area contributed by atoms with Crippen molar-refractivity contribution in [3.8, 4) is 0 Å². The van der Waals surface area contributed by atoms with Crippen molar-refractivity contribution in [1.29, 1.82) is 0 Å². The summed E-state index contributed by atoms with van der Waals surface area (Å²) in [4.78, 5) is 13.9. The van der Waals surface area contributed by atoms with Crippen molar-refractivity contribution in [2.24, 2.45) is 5.92 Å². The lowest BCUT2D eigenvalue weighted by Gasteiger charge is -2.17. The minimum absolute atomic E-state index is 0.0500. The van der Waals surface area contributed by atoms with Crippen LogP contribution in [0, 0.1) is 18.7 Å². The Morgan fingerprint density at radius 2 is 2.27 bits per heavy atom. The Hall–Kier alpha value is -1.73. The highest BCUT2D eigenvalue weighted by atomic mass is 32.2. The van der Waals surface area contributed by atoms with Crippen LogP contribution in [0.25, 0.3) is 0 Å². The molecule has 7 heteroatoms. The number of sulfonamides is 1. The van der Waals surface area contributed by atoms with Gasteiger partial charge in [0.05, 0.1) is 0 Å². The summed E-state index contributed by atoms with van der Waals surface area (Å²) >= 11 is 0. The van der Waals surface area contributed by atoms with Crippen LogP contribution in [-0.2, 0) is 10.0 Å². The molecule has 1 aromatic rings. The fourth-order valence-corrected chi connectivity index (χ4v) is 2.97. The third kappa shape index (κ3) is 3.92. The van der Waals surface area contributed by atoms with E-state index < -0.39 is 15.8 Å². The Morgan fingerprint density at radius 3 is 2.91 bits per heavy atom. The molecule has 0 aromatic heterocycles. The number of aryl methyl sites for hydroxylation is 1. The van der Waals surface area contributed by atoms with Crippen molar-refractivity contribution in [1.82, 2.24) is 9.62 Å². The average molecular weight is 326 g/mol. The first-order valence-corrected chi connectivity index (χ1v) is 8.54. The molecule has 0 spiro atoms. The van der Waals surface area contributed by atoms with E-state index in [0.717, 1.165) is 5.41 Å². The largest absolute Gasteiger partial charge is 0.338 e. The van der Waals surface area contributed by atoms with Crippen LogP contribution in [0.2, 0.25) is 0 Å². The summed E-state index contributed by atoms with van der Waals surface area (Å²) in [6.07, 6.45) is 0.708. The maximum Gasteiger partial charge on any atom is 0.253 e. The number of carbonyl (C=O) groups excluding carboxylic acids is 1. The van der Waals surface area contributed by atoms with Gasteiger partial charge in [0.2, 0.25) is 10.0 Å². The van der Waals surface area contributed by atoms with Gasteiger partial charge in [-0.3, -0.25) is 4.79 Å². The van der Waals surface area contributed by atoms with Crippen LogP contribution in [0.4, 0.5) is 4.39 Å². The van der Waals surface area contributed by atoms with Crippen molar-refractivity contribution < 1.29 is 17.6 Å². The van der Waals surface area contributed by atoms with E-state index in [1.807, 2.05) is 0 Å². The Morgan fingerprint density at radius 1 is 1.55 bits per heavy atom. The van der Waals surface area contributed by atoms with Crippen molar-refractivity contribution in [2.75, 3.05) is 19.6 Å². The zero-order valence-electron chi connectivity index (χ0n) is 12.4. The van der Waals surface area contributed by atoms with Gasteiger partial charge in [-0.2, -0.15) is 0 Å². The first-order valence-electron chi connectivity index (χ1n) is 7.00. The number of carbonyl (C=O) groups is 1. The van der Waals surface area contributed by atoms with Gasteiger partial charge in [-0.1, -0.05) is 12.6 Å². The number of likely N-dealkylation sites (tertiary alicyclic amines) is 1. The predicted molar refractivity (Wildman–Crippen MR) is 82.3 cm³/mol. The van der Waals surface area contributed by atoms with Crippen LogP contribution in [0.3, 0.4) is 0 Å². The average Bonchev–Trinajstić information content (AvgIpc) is 2.96. The summed E-state index contributed by atoms with van der Waals surface area (Å²) in [5, 5.41) is 0.861. The van der Waals surface area contributed by atoms with Crippen LogP contribution < -0.4 is 4.72 Å². The quantitative estimate of drug-likeness (QED) is 0.895. The standard InChI is InChI=1S/C15H19FN2O3S/c1-3-22(20,21)17-9-12-6-7-18(10-12)15(19)13-5-4-11(2)14(16)8-13/h3-5,8,12,17H,1,6-7,9-10H2,2H3. The van der Waals surface area contributed by atoms with E-state index in [4.69, 9.17) is 0 Å². The van der Waals surface area contributed by atoms with E-state index >= 15 is 0 Å². The smallest absolute Gasteiger partial charge is 0.253 e. The molecule has 1 unspecified atom stereocenters. The van der Waals surface area contributed by atoms with Gasteiger partial charge < -0.3 is 4.90 Å². The molecule has 5 nitrogen and oxygen atoms in total. The van der Waals surface area contributed by atoms with Gasteiger partial charge >= 0.3 is 0 Å². The first-order chi connectivity index (χ1) is 10.3. The molecule has 0 radical (unpaired) electrons.